The predicted molar refractivity (Wildman–Crippen MR) is 288 cm³/mol. The summed E-state index contributed by atoms with van der Waals surface area (Å²) in [6, 6.07) is -0.797. The number of rotatable bonds is 51. The highest BCUT2D eigenvalue weighted by atomic mass is 31.2. The minimum absolute atomic E-state index is 0.0123. The van der Waals surface area contributed by atoms with Crippen molar-refractivity contribution in [1.29, 1.82) is 0 Å². The number of unbranched alkanes of at least 4 members (excludes halogenated alkanes) is 28. The van der Waals surface area contributed by atoms with Gasteiger partial charge in [0.15, 0.2) is 0 Å². The number of quaternary nitrogens is 1. The van der Waals surface area contributed by atoms with Crippen molar-refractivity contribution >= 4 is 13.7 Å². The number of aliphatic hydroxyl groups is 1. The van der Waals surface area contributed by atoms with Crippen LogP contribution >= 0.6 is 7.82 Å². The highest BCUT2D eigenvalue weighted by molar-refractivity contribution is 7.45. The van der Waals surface area contributed by atoms with Crippen LogP contribution in [0.3, 0.4) is 0 Å². The van der Waals surface area contributed by atoms with Crippen LogP contribution in [-0.4, -0.2) is 68.5 Å². The van der Waals surface area contributed by atoms with Gasteiger partial charge in [-0.05, 0) is 57.8 Å². The summed E-state index contributed by atoms with van der Waals surface area (Å²) in [5.41, 5.74) is 0. The van der Waals surface area contributed by atoms with Crippen molar-refractivity contribution < 1.29 is 32.9 Å². The fourth-order valence-electron chi connectivity index (χ4n) is 8.13. The van der Waals surface area contributed by atoms with E-state index in [2.05, 4.69) is 79.9 Å². The lowest BCUT2D eigenvalue weighted by molar-refractivity contribution is -0.870. The zero-order valence-electron chi connectivity index (χ0n) is 44.6. The maximum absolute atomic E-state index is 12.9. The second kappa shape index (κ2) is 49.2. The van der Waals surface area contributed by atoms with Gasteiger partial charge in [-0.3, -0.25) is 9.36 Å². The van der Waals surface area contributed by atoms with Crippen molar-refractivity contribution in [2.75, 3.05) is 40.9 Å². The number of phosphoric ester groups is 1. The van der Waals surface area contributed by atoms with Gasteiger partial charge in [0.1, 0.15) is 13.2 Å². The first kappa shape index (κ1) is 65.2. The molecule has 9 heteroatoms. The Morgan fingerprint density at radius 2 is 0.910 bits per heavy atom. The fraction of sp³-hybridized carbons (Fsp3) is 0.810. The van der Waals surface area contributed by atoms with Crippen molar-refractivity contribution in [2.45, 2.75) is 264 Å². The van der Waals surface area contributed by atoms with Crippen LogP contribution in [0.2, 0.25) is 0 Å². The topological polar surface area (TPSA) is 108 Å². The zero-order valence-corrected chi connectivity index (χ0v) is 45.5. The summed E-state index contributed by atoms with van der Waals surface area (Å²) in [5.74, 6) is -0.166. The molecular formula is C58H109N2O6P. The van der Waals surface area contributed by atoms with E-state index in [0.29, 0.717) is 23.9 Å². The quantitative estimate of drug-likeness (QED) is 0.0272. The molecule has 3 atom stereocenters. The van der Waals surface area contributed by atoms with Crippen LogP contribution in [-0.2, 0) is 18.4 Å². The molecule has 0 aromatic rings. The summed E-state index contributed by atoms with van der Waals surface area (Å²) in [4.78, 5) is 25.3. The summed E-state index contributed by atoms with van der Waals surface area (Å²) in [7, 11) is 1.31. The first-order valence-electron chi connectivity index (χ1n) is 28.1. The third-order valence-electron chi connectivity index (χ3n) is 12.5. The molecule has 0 saturated carbocycles. The van der Waals surface area contributed by atoms with Crippen molar-refractivity contribution in [3.8, 4) is 0 Å². The molecule has 0 heterocycles. The van der Waals surface area contributed by atoms with Gasteiger partial charge in [-0.15, -0.1) is 0 Å². The van der Waals surface area contributed by atoms with E-state index in [9.17, 15) is 19.4 Å². The predicted octanol–water partition coefficient (Wildman–Crippen LogP) is 16.3. The van der Waals surface area contributed by atoms with Gasteiger partial charge in [0.05, 0.1) is 39.9 Å². The SMILES string of the molecule is CC/C=C\C/C=C\C/C=C\C/C=C\C/C=C\CCCCCCCCCCCCCCCCCCCCCCCC(=O)NC(COP(=O)([O-])OCC[N+](C)(C)C)C(O)CCCCCCCCCC. The van der Waals surface area contributed by atoms with E-state index in [0.717, 1.165) is 70.6 Å². The van der Waals surface area contributed by atoms with E-state index >= 15 is 0 Å². The van der Waals surface area contributed by atoms with Crippen molar-refractivity contribution in [2.24, 2.45) is 0 Å². The van der Waals surface area contributed by atoms with Crippen LogP contribution in [0.1, 0.15) is 251 Å². The molecule has 67 heavy (non-hydrogen) atoms. The lowest BCUT2D eigenvalue weighted by atomic mass is 10.0. The number of likely N-dealkylation sites (N-methyl/N-ethyl adjacent to an activating group) is 1. The number of allylic oxidation sites excluding steroid dienone is 10. The zero-order chi connectivity index (χ0) is 49.2. The molecule has 2 N–H and O–H groups in total. The number of phosphoric acid groups is 1. The van der Waals surface area contributed by atoms with E-state index in [1.807, 2.05) is 21.1 Å². The summed E-state index contributed by atoms with van der Waals surface area (Å²) in [6.45, 7) is 4.58. The number of hydrogen-bond donors (Lipinski definition) is 2. The number of carbonyl (C=O) groups is 1. The Labute approximate surface area is 415 Å². The second-order valence-electron chi connectivity index (χ2n) is 20.3. The number of hydrogen-bond acceptors (Lipinski definition) is 6. The highest BCUT2D eigenvalue weighted by Gasteiger charge is 2.24. The first-order chi connectivity index (χ1) is 32.5. The molecule has 0 aliphatic rings. The molecule has 0 aliphatic heterocycles. The fourth-order valence-corrected chi connectivity index (χ4v) is 8.85. The summed E-state index contributed by atoms with van der Waals surface area (Å²) < 4.78 is 23.2. The molecule has 0 aromatic carbocycles. The highest BCUT2D eigenvalue weighted by Crippen LogP contribution is 2.38. The molecule has 0 bridgehead atoms. The number of aliphatic hydroxyl groups excluding tert-OH is 1. The Hall–Kier alpha value is -1.80. The minimum atomic E-state index is -4.56. The molecule has 0 radical (unpaired) electrons. The third-order valence-corrected chi connectivity index (χ3v) is 13.5. The minimum Gasteiger partial charge on any atom is -0.756 e. The number of amides is 1. The average Bonchev–Trinajstić information content (AvgIpc) is 3.29. The van der Waals surface area contributed by atoms with Crippen LogP contribution in [0, 0.1) is 0 Å². The Kier molecular flexibility index (Phi) is 47.9. The van der Waals surface area contributed by atoms with E-state index in [1.165, 1.54) is 154 Å². The summed E-state index contributed by atoms with van der Waals surface area (Å²) in [6.07, 6.45) is 65.8. The van der Waals surface area contributed by atoms with Gasteiger partial charge in [-0.2, -0.15) is 0 Å². The lowest BCUT2D eigenvalue weighted by Gasteiger charge is -2.30. The van der Waals surface area contributed by atoms with Crippen LogP contribution in [0.5, 0.6) is 0 Å². The van der Waals surface area contributed by atoms with Gasteiger partial charge in [0.2, 0.25) is 5.91 Å². The molecule has 8 nitrogen and oxygen atoms in total. The third kappa shape index (κ3) is 51.9. The van der Waals surface area contributed by atoms with Crippen LogP contribution in [0.25, 0.3) is 0 Å². The number of nitrogens with one attached hydrogen (secondary N) is 1. The standard InChI is InChI=1S/C58H109N2O6P/c1-6-8-10-12-14-16-17-18-19-20-21-22-23-24-25-26-27-28-29-30-31-32-33-34-35-36-37-38-39-40-41-42-43-44-46-48-50-52-58(62)59-56(55-66-67(63,64)65-54-53-60(3,4)5)57(61)51-49-47-45-15-13-11-9-7-2/h8,10,14,16,18-19,21-22,24-25,56-57,61H,6-7,9,11-13,15,17,20,23,26-55H2,1-5H3,(H-,59,62,63,64)/b10-8-,16-14-,19-18-,22-21-,25-24-. The van der Waals surface area contributed by atoms with Gasteiger partial charge in [0.25, 0.3) is 7.82 Å². The number of nitrogens with zero attached hydrogens (tertiary/aromatic N) is 1. The lowest BCUT2D eigenvalue weighted by Crippen LogP contribution is -2.46. The smallest absolute Gasteiger partial charge is 0.268 e. The average molecular weight is 961 g/mol. The maximum atomic E-state index is 12.9. The van der Waals surface area contributed by atoms with E-state index < -0.39 is 20.0 Å². The van der Waals surface area contributed by atoms with Crippen LogP contribution in [0.15, 0.2) is 60.8 Å². The molecule has 0 aromatic heterocycles. The largest absolute Gasteiger partial charge is 0.756 e. The molecule has 0 fully saturated rings. The summed E-state index contributed by atoms with van der Waals surface area (Å²) in [5, 5.41) is 13.9. The Bertz CT molecular complexity index is 1270. The first-order valence-corrected chi connectivity index (χ1v) is 29.6. The van der Waals surface area contributed by atoms with Gasteiger partial charge < -0.3 is 28.8 Å². The van der Waals surface area contributed by atoms with Gasteiger partial charge in [0, 0.05) is 6.42 Å². The Morgan fingerprint density at radius 1 is 0.537 bits per heavy atom. The molecule has 1 amide bonds. The van der Waals surface area contributed by atoms with Gasteiger partial charge in [-0.1, -0.05) is 248 Å². The van der Waals surface area contributed by atoms with Gasteiger partial charge in [-0.25, -0.2) is 0 Å². The summed E-state index contributed by atoms with van der Waals surface area (Å²) >= 11 is 0. The van der Waals surface area contributed by atoms with Crippen LogP contribution < -0.4 is 10.2 Å². The van der Waals surface area contributed by atoms with Crippen molar-refractivity contribution in [1.82, 2.24) is 5.32 Å². The number of carbonyl (C=O) groups excluding carboxylic acids is 1. The molecular weight excluding hydrogens is 852 g/mol. The van der Waals surface area contributed by atoms with Crippen molar-refractivity contribution in [3.05, 3.63) is 60.8 Å². The van der Waals surface area contributed by atoms with E-state index in [-0.39, 0.29) is 19.1 Å². The van der Waals surface area contributed by atoms with Crippen LogP contribution in [0.4, 0.5) is 0 Å². The Morgan fingerprint density at radius 3 is 1.33 bits per heavy atom. The van der Waals surface area contributed by atoms with E-state index in [4.69, 9.17) is 9.05 Å². The molecule has 0 aliphatic carbocycles. The van der Waals surface area contributed by atoms with E-state index in [1.54, 1.807) is 0 Å². The maximum Gasteiger partial charge on any atom is 0.268 e. The molecule has 0 spiro atoms. The monoisotopic (exact) mass is 961 g/mol. The molecule has 392 valence electrons. The molecule has 0 rings (SSSR count). The molecule has 0 saturated heterocycles. The molecule has 3 unspecified atom stereocenters. The normalized spacial score (nSPS) is 14.4. The van der Waals surface area contributed by atoms with Crippen molar-refractivity contribution in [3.63, 3.8) is 0 Å². The second-order valence-corrected chi connectivity index (χ2v) is 21.7. The van der Waals surface area contributed by atoms with Gasteiger partial charge >= 0.3 is 0 Å². The Balaban J connectivity index is 3.83.